The molecule has 8 nitrogen and oxygen atoms in total. The largest absolute Gasteiger partial charge is 0.349 e. The van der Waals surface area contributed by atoms with Crippen LogP contribution in [0.2, 0.25) is 0 Å². The number of rotatable bonds is 7. The van der Waals surface area contributed by atoms with Gasteiger partial charge in [-0.1, -0.05) is 5.16 Å². The first-order valence-corrected chi connectivity index (χ1v) is 8.53. The van der Waals surface area contributed by atoms with Crippen LogP contribution in [0.3, 0.4) is 0 Å². The van der Waals surface area contributed by atoms with E-state index in [2.05, 4.69) is 25.4 Å². The molecule has 0 aromatic carbocycles. The molecule has 0 atom stereocenters. The molecule has 3 aromatic heterocycles. The van der Waals surface area contributed by atoms with Gasteiger partial charge >= 0.3 is 0 Å². The monoisotopic (exact) mass is 354 g/mol. The molecular formula is C18H22N6O2. The van der Waals surface area contributed by atoms with Gasteiger partial charge in [-0.15, -0.1) is 0 Å². The molecule has 0 aliphatic carbocycles. The quantitative estimate of drug-likeness (QED) is 0.698. The van der Waals surface area contributed by atoms with Gasteiger partial charge in [-0.25, -0.2) is 4.98 Å². The van der Waals surface area contributed by atoms with E-state index in [4.69, 9.17) is 4.52 Å². The third-order valence-electron chi connectivity index (χ3n) is 4.34. The van der Waals surface area contributed by atoms with Crippen molar-refractivity contribution in [2.75, 3.05) is 0 Å². The molecular weight excluding hydrogens is 332 g/mol. The lowest BCUT2D eigenvalue weighted by molar-refractivity contribution is -0.121. The molecule has 0 saturated heterocycles. The number of nitrogens with one attached hydrogen (secondary N) is 1. The van der Waals surface area contributed by atoms with Crippen LogP contribution in [0.15, 0.2) is 29.0 Å². The van der Waals surface area contributed by atoms with Gasteiger partial charge in [-0.2, -0.15) is 4.98 Å². The highest BCUT2D eigenvalue weighted by Gasteiger charge is 2.11. The first kappa shape index (κ1) is 17.8. The second-order valence-corrected chi connectivity index (χ2v) is 6.14. The number of amides is 1. The minimum Gasteiger partial charge on any atom is -0.349 e. The Kier molecular flexibility index (Phi) is 5.40. The molecule has 136 valence electrons. The summed E-state index contributed by atoms with van der Waals surface area (Å²) in [6, 6.07) is 3.69. The normalized spacial score (nSPS) is 10.9. The summed E-state index contributed by atoms with van der Waals surface area (Å²) in [5, 5.41) is 6.84. The molecule has 0 fully saturated rings. The van der Waals surface area contributed by atoms with Crippen LogP contribution in [-0.2, 0) is 24.8 Å². The smallest absolute Gasteiger partial charge is 0.226 e. The maximum absolute atomic E-state index is 12.0. The van der Waals surface area contributed by atoms with Gasteiger partial charge in [-0.05, 0) is 32.4 Å². The lowest BCUT2D eigenvalue weighted by Crippen LogP contribution is -2.24. The SMILES string of the molecule is Cc1nc(CNC(=O)CCCc2nc(-c3cccnc3)no2)n(C)c1C. The van der Waals surface area contributed by atoms with Crippen molar-refractivity contribution < 1.29 is 9.32 Å². The lowest BCUT2D eigenvalue weighted by atomic mass is 10.2. The number of carbonyl (C=O) groups excluding carboxylic acids is 1. The molecule has 0 unspecified atom stereocenters. The van der Waals surface area contributed by atoms with Crippen molar-refractivity contribution in [3.05, 3.63) is 47.6 Å². The van der Waals surface area contributed by atoms with Crippen LogP contribution in [-0.4, -0.2) is 30.6 Å². The van der Waals surface area contributed by atoms with Gasteiger partial charge in [0.1, 0.15) is 5.82 Å². The Hall–Kier alpha value is -3.03. The molecule has 8 heteroatoms. The molecule has 3 aromatic rings. The van der Waals surface area contributed by atoms with Crippen molar-refractivity contribution in [2.45, 2.75) is 39.7 Å². The third kappa shape index (κ3) is 4.14. The number of aryl methyl sites for hydroxylation is 2. The lowest BCUT2D eigenvalue weighted by Gasteiger charge is -2.05. The molecule has 0 saturated carbocycles. The van der Waals surface area contributed by atoms with Crippen LogP contribution in [0.1, 0.15) is 35.9 Å². The highest BCUT2D eigenvalue weighted by molar-refractivity contribution is 5.75. The molecule has 1 N–H and O–H groups in total. The second kappa shape index (κ2) is 7.90. The van der Waals surface area contributed by atoms with Crippen LogP contribution < -0.4 is 5.32 Å². The van der Waals surface area contributed by atoms with Crippen LogP contribution in [0, 0.1) is 13.8 Å². The van der Waals surface area contributed by atoms with Crippen molar-refractivity contribution in [3.63, 3.8) is 0 Å². The number of carbonyl (C=O) groups is 1. The number of nitrogens with zero attached hydrogens (tertiary/aromatic N) is 5. The molecule has 0 bridgehead atoms. The Morgan fingerprint density at radius 1 is 1.31 bits per heavy atom. The van der Waals surface area contributed by atoms with Crippen LogP contribution in [0.5, 0.6) is 0 Å². The van der Waals surface area contributed by atoms with E-state index in [1.807, 2.05) is 37.6 Å². The molecule has 3 rings (SSSR count). The van der Waals surface area contributed by atoms with E-state index in [1.54, 1.807) is 12.4 Å². The zero-order valence-electron chi connectivity index (χ0n) is 15.2. The maximum Gasteiger partial charge on any atom is 0.226 e. The van der Waals surface area contributed by atoms with Crippen LogP contribution in [0.4, 0.5) is 0 Å². The molecule has 0 aliphatic heterocycles. The summed E-state index contributed by atoms with van der Waals surface area (Å²) in [5.41, 5.74) is 2.90. The summed E-state index contributed by atoms with van der Waals surface area (Å²) < 4.78 is 7.22. The number of hydrogen-bond donors (Lipinski definition) is 1. The first-order valence-electron chi connectivity index (χ1n) is 8.53. The predicted octanol–water partition coefficient (Wildman–Crippen LogP) is 2.12. The van der Waals surface area contributed by atoms with E-state index in [-0.39, 0.29) is 5.91 Å². The zero-order chi connectivity index (χ0) is 18.5. The van der Waals surface area contributed by atoms with Gasteiger partial charge in [0.25, 0.3) is 0 Å². The van der Waals surface area contributed by atoms with E-state index < -0.39 is 0 Å². The molecule has 0 radical (unpaired) electrons. The fraction of sp³-hybridized carbons (Fsp3) is 0.389. The van der Waals surface area contributed by atoms with Crippen molar-refractivity contribution >= 4 is 5.91 Å². The van der Waals surface area contributed by atoms with Crippen molar-refractivity contribution in [2.24, 2.45) is 7.05 Å². The number of aromatic nitrogens is 5. The summed E-state index contributed by atoms with van der Waals surface area (Å²) in [6.07, 6.45) is 4.97. The van der Waals surface area contributed by atoms with Crippen LogP contribution >= 0.6 is 0 Å². The van der Waals surface area contributed by atoms with E-state index in [9.17, 15) is 4.79 Å². The van der Waals surface area contributed by atoms with Gasteiger partial charge < -0.3 is 14.4 Å². The van der Waals surface area contributed by atoms with Gasteiger partial charge in [0.05, 0.1) is 12.2 Å². The Labute approximate surface area is 151 Å². The Balaban J connectivity index is 1.44. The van der Waals surface area contributed by atoms with Crippen molar-refractivity contribution in [1.29, 1.82) is 0 Å². The van der Waals surface area contributed by atoms with E-state index >= 15 is 0 Å². The highest BCUT2D eigenvalue weighted by Crippen LogP contribution is 2.14. The summed E-state index contributed by atoms with van der Waals surface area (Å²) in [6.45, 7) is 4.40. The standard InChI is InChI=1S/C18H22N6O2/c1-12-13(2)24(3)15(21-12)11-20-16(25)7-4-8-17-22-18(23-26-17)14-6-5-9-19-10-14/h5-6,9-10H,4,7-8,11H2,1-3H3,(H,20,25). The van der Waals surface area contributed by atoms with Crippen molar-refractivity contribution in [1.82, 2.24) is 30.0 Å². The molecule has 0 spiro atoms. The Morgan fingerprint density at radius 2 is 2.15 bits per heavy atom. The number of pyridine rings is 1. The van der Waals surface area contributed by atoms with E-state index in [0.717, 1.165) is 22.8 Å². The molecule has 0 aliphatic rings. The maximum atomic E-state index is 12.0. The highest BCUT2D eigenvalue weighted by atomic mass is 16.5. The van der Waals surface area contributed by atoms with Crippen molar-refractivity contribution in [3.8, 4) is 11.4 Å². The minimum atomic E-state index is -0.0182. The second-order valence-electron chi connectivity index (χ2n) is 6.14. The van der Waals surface area contributed by atoms with E-state index in [0.29, 0.717) is 37.5 Å². The van der Waals surface area contributed by atoms with Gasteiger partial charge in [0.2, 0.25) is 17.6 Å². The Morgan fingerprint density at radius 3 is 2.85 bits per heavy atom. The van der Waals surface area contributed by atoms with E-state index in [1.165, 1.54) is 0 Å². The van der Waals surface area contributed by atoms with Gasteiger partial charge in [0, 0.05) is 43.5 Å². The topological polar surface area (TPSA) is 98.7 Å². The summed E-state index contributed by atoms with van der Waals surface area (Å²) >= 11 is 0. The fourth-order valence-corrected chi connectivity index (χ4v) is 2.58. The summed E-state index contributed by atoms with van der Waals surface area (Å²) in [7, 11) is 1.95. The van der Waals surface area contributed by atoms with Gasteiger partial charge in [-0.3, -0.25) is 9.78 Å². The molecule has 1 amide bonds. The molecule has 3 heterocycles. The first-order chi connectivity index (χ1) is 12.5. The third-order valence-corrected chi connectivity index (χ3v) is 4.34. The Bertz CT molecular complexity index is 884. The molecule has 26 heavy (non-hydrogen) atoms. The average Bonchev–Trinajstić information content (AvgIpc) is 3.21. The average molecular weight is 354 g/mol. The summed E-state index contributed by atoms with van der Waals surface area (Å²) in [5.74, 6) is 1.87. The van der Waals surface area contributed by atoms with Gasteiger partial charge in [0.15, 0.2) is 0 Å². The number of hydrogen-bond acceptors (Lipinski definition) is 6. The summed E-state index contributed by atoms with van der Waals surface area (Å²) in [4.78, 5) is 24.8. The number of imidazole rings is 1. The zero-order valence-corrected chi connectivity index (χ0v) is 15.2. The fourth-order valence-electron chi connectivity index (χ4n) is 2.58. The minimum absolute atomic E-state index is 0.0182. The predicted molar refractivity (Wildman–Crippen MR) is 95.0 cm³/mol. The van der Waals surface area contributed by atoms with Crippen LogP contribution in [0.25, 0.3) is 11.4 Å².